The highest BCUT2D eigenvalue weighted by Crippen LogP contribution is 2.18. The third-order valence-corrected chi connectivity index (χ3v) is 2.22. The summed E-state index contributed by atoms with van der Waals surface area (Å²) in [4.78, 5) is 0. The van der Waals surface area contributed by atoms with Gasteiger partial charge in [0.25, 0.3) is 0 Å². The number of hydrogen-bond acceptors (Lipinski definition) is 2. The van der Waals surface area contributed by atoms with Crippen LogP contribution in [0.25, 0.3) is 0 Å². The molecule has 0 bridgehead atoms. The summed E-state index contributed by atoms with van der Waals surface area (Å²) in [6, 6.07) is 4.70. The molecule has 72 valence electrons. The summed E-state index contributed by atoms with van der Waals surface area (Å²) in [5.74, 6) is -0.230. The van der Waals surface area contributed by atoms with Crippen LogP contribution in [0.3, 0.4) is 0 Å². The van der Waals surface area contributed by atoms with Crippen molar-refractivity contribution in [3.05, 3.63) is 35.1 Å². The molecule has 2 nitrogen and oxygen atoms in total. The zero-order chi connectivity index (χ0) is 9.84. The van der Waals surface area contributed by atoms with Crippen LogP contribution in [0.15, 0.2) is 18.2 Å². The molecule has 0 unspecified atom stereocenters. The normalized spacial score (nSPS) is 12.9. The number of halogens is 1. The number of nitrogens with one attached hydrogen (secondary N) is 1. The topological polar surface area (TPSA) is 32.3 Å². The fraction of sp³-hybridized carbons (Fsp3) is 0.400. The van der Waals surface area contributed by atoms with Crippen molar-refractivity contribution < 1.29 is 9.50 Å². The summed E-state index contributed by atoms with van der Waals surface area (Å²) in [6.45, 7) is 1.69. The van der Waals surface area contributed by atoms with Gasteiger partial charge >= 0.3 is 0 Å². The molecule has 1 rings (SSSR count). The quantitative estimate of drug-likeness (QED) is 0.742. The van der Waals surface area contributed by atoms with Gasteiger partial charge in [0.05, 0.1) is 12.6 Å². The van der Waals surface area contributed by atoms with Gasteiger partial charge < -0.3 is 10.4 Å². The van der Waals surface area contributed by atoms with Gasteiger partial charge in [-0.2, -0.15) is 0 Å². The first kappa shape index (κ1) is 10.2. The fourth-order valence-electron chi connectivity index (χ4n) is 1.35. The summed E-state index contributed by atoms with van der Waals surface area (Å²) in [7, 11) is 1.74. The van der Waals surface area contributed by atoms with E-state index < -0.39 is 0 Å². The number of rotatable bonds is 3. The molecule has 0 heterocycles. The highest BCUT2D eigenvalue weighted by molar-refractivity contribution is 5.30. The number of hydrogen-bond donors (Lipinski definition) is 2. The molecule has 1 atom stereocenters. The lowest BCUT2D eigenvalue weighted by molar-refractivity contribution is 0.250. The Morgan fingerprint density at radius 1 is 1.54 bits per heavy atom. The Hall–Kier alpha value is -0.930. The van der Waals surface area contributed by atoms with E-state index in [0.717, 1.165) is 5.56 Å². The molecule has 0 saturated heterocycles. The van der Waals surface area contributed by atoms with Crippen LogP contribution >= 0.6 is 0 Å². The Morgan fingerprint density at radius 3 is 2.77 bits per heavy atom. The number of likely N-dealkylation sites (N-methyl/N-ethyl adjacent to an activating group) is 1. The van der Waals surface area contributed by atoms with E-state index in [1.54, 1.807) is 20.0 Å². The minimum Gasteiger partial charge on any atom is -0.394 e. The molecule has 0 aromatic heterocycles. The standard InChI is InChI=1S/C10H14FNO/c1-7-8(10(6-13)12-2)4-3-5-9(7)11/h3-5,10,12-13H,6H2,1-2H3/t10-/m1/s1. The number of aliphatic hydroxyl groups excluding tert-OH is 1. The molecule has 0 amide bonds. The first-order chi connectivity index (χ1) is 6.20. The predicted octanol–water partition coefficient (Wildman–Crippen LogP) is 1.39. The Kier molecular flexibility index (Phi) is 3.39. The zero-order valence-corrected chi connectivity index (χ0v) is 7.84. The second-order valence-corrected chi connectivity index (χ2v) is 2.98. The van der Waals surface area contributed by atoms with Crippen LogP contribution in [0.2, 0.25) is 0 Å². The van der Waals surface area contributed by atoms with Gasteiger partial charge in [0.2, 0.25) is 0 Å². The first-order valence-electron chi connectivity index (χ1n) is 4.23. The molecule has 0 spiro atoms. The Morgan fingerprint density at radius 2 is 2.23 bits per heavy atom. The lowest BCUT2D eigenvalue weighted by atomic mass is 10.0. The highest BCUT2D eigenvalue weighted by atomic mass is 19.1. The van der Waals surface area contributed by atoms with Crippen LogP contribution in [-0.4, -0.2) is 18.8 Å². The van der Waals surface area contributed by atoms with E-state index in [1.807, 2.05) is 6.07 Å². The van der Waals surface area contributed by atoms with Crippen molar-refractivity contribution in [2.45, 2.75) is 13.0 Å². The molecular weight excluding hydrogens is 169 g/mol. The van der Waals surface area contributed by atoms with Gasteiger partial charge in [0, 0.05) is 0 Å². The van der Waals surface area contributed by atoms with Gasteiger partial charge in [-0.25, -0.2) is 4.39 Å². The molecule has 3 heteroatoms. The van der Waals surface area contributed by atoms with Gasteiger partial charge in [0.1, 0.15) is 5.82 Å². The van der Waals surface area contributed by atoms with Crippen LogP contribution in [-0.2, 0) is 0 Å². The van der Waals surface area contributed by atoms with Gasteiger partial charge in [-0.05, 0) is 31.2 Å². The average Bonchev–Trinajstić information content (AvgIpc) is 2.14. The van der Waals surface area contributed by atoms with Crippen LogP contribution in [0.1, 0.15) is 17.2 Å². The van der Waals surface area contributed by atoms with Crippen LogP contribution in [0.5, 0.6) is 0 Å². The van der Waals surface area contributed by atoms with Gasteiger partial charge in [0.15, 0.2) is 0 Å². The van der Waals surface area contributed by atoms with E-state index in [4.69, 9.17) is 5.11 Å². The molecule has 2 N–H and O–H groups in total. The molecule has 0 radical (unpaired) electrons. The van der Waals surface area contributed by atoms with Gasteiger partial charge in [-0.15, -0.1) is 0 Å². The smallest absolute Gasteiger partial charge is 0.126 e. The number of aliphatic hydroxyl groups is 1. The van der Waals surface area contributed by atoms with Crippen molar-refractivity contribution in [3.63, 3.8) is 0 Å². The summed E-state index contributed by atoms with van der Waals surface area (Å²) >= 11 is 0. The third kappa shape index (κ3) is 2.05. The Bertz CT molecular complexity index is 284. The SMILES string of the molecule is CN[C@H](CO)c1cccc(F)c1C. The largest absolute Gasteiger partial charge is 0.394 e. The zero-order valence-electron chi connectivity index (χ0n) is 7.84. The van der Waals surface area contributed by atoms with E-state index in [2.05, 4.69) is 5.32 Å². The van der Waals surface area contributed by atoms with Crippen molar-refractivity contribution in [3.8, 4) is 0 Å². The fourth-order valence-corrected chi connectivity index (χ4v) is 1.35. The molecule has 13 heavy (non-hydrogen) atoms. The van der Waals surface area contributed by atoms with Crippen molar-refractivity contribution >= 4 is 0 Å². The first-order valence-corrected chi connectivity index (χ1v) is 4.23. The van der Waals surface area contributed by atoms with Crippen molar-refractivity contribution in [1.29, 1.82) is 0 Å². The van der Waals surface area contributed by atoms with Crippen molar-refractivity contribution in [1.82, 2.24) is 5.32 Å². The van der Waals surface area contributed by atoms with Crippen molar-refractivity contribution in [2.24, 2.45) is 0 Å². The van der Waals surface area contributed by atoms with Crippen LogP contribution in [0, 0.1) is 12.7 Å². The van der Waals surface area contributed by atoms with E-state index in [0.29, 0.717) is 5.56 Å². The summed E-state index contributed by atoms with van der Waals surface area (Å²) in [6.07, 6.45) is 0. The van der Waals surface area contributed by atoms with E-state index in [1.165, 1.54) is 6.07 Å². The lowest BCUT2D eigenvalue weighted by Gasteiger charge is -2.16. The maximum atomic E-state index is 13.1. The highest BCUT2D eigenvalue weighted by Gasteiger charge is 2.11. The maximum Gasteiger partial charge on any atom is 0.126 e. The lowest BCUT2D eigenvalue weighted by Crippen LogP contribution is -2.21. The van der Waals surface area contributed by atoms with E-state index in [9.17, 15) is 4.39 Å². The van der Waals surface area contributed by atoms with Gasteiger partial charge in [-0.3, -0.25) is 0 Å². The Balaban J connectivity index is 3.05. The van der Waals surface area contributed by atoms with Crippen LogP contribution < -0.4 is 5.32 Å². The summed E-state index contributed by atoms with van der Waals surface area (Å²) < 4.78 is 13.1. The van der Waals surface area contributed by atoms with E-state index in [-0.39, 0.29) is 18.5 Å². The average molecular weight is 183 g/mol. The van der Waals surface area contributed by atoms with E-state index >= 15 is 0 Å². The molecule has 0 fully saturated rings. The minimum atomic E-state index is -0.230. The second-order valence-electron chi connectivity index (χ2n) is 2.98. The second kappa shape index (κ2) is 4.35. The summed E-state index contributed by atoms with van der Waals surface area (Å²) in [5.41, 5.74) is 1.40. The molecule has 0 aliphatic carbocycles. The molecule has 0 aliphatic heterocycles. The van der Waals surface area contributed by atoms with Gasteiger partial charge in [-0.1, -0.05) is 12.1 Å². The molecule has 0 saturated carbocycles. The monoisotopic (exact) mass is 183 g/mol. The minimum absolute atomic E-state index is 0.0270. The van der Waals surface area contributed by atoms with Crippen molar-refractivity contribution in [2.75, 3.05) is 13.7 Å². The molecule has 0 aliphatic rings. The maximum absolute atomic E-state index is 13.1. The van der Waals surface area contributed by atoms with Crippen LogP contribution in [0.4, 0.5) is 4.39 Å². The molecular formula is C10H14FNO. The molecule has 1 aromatic rings. The number of benzene rings is 1. The molecule has 1 aromatic carbocycles. The third-order valence-electron chi connectivity index (χ3n) is 2.22. The Labute approximate surface area is 77.4 Å². The predicted molar refractivity (Wildman–Crippen MR) is 50.0 cm³/mol. The summed E-state index contributed by atoms with van der Waals surface area (Å²) in [5, 5.41) is 11.9.